The van der Waals surface area contributed by atoms with E-state index in [1.807, 2.05) is 44.3 Å². The normalized spacial score (nSPS) is 16.1. The number of benzene rings is 2. The lowest BCUT2D eigenvalue weighted by Gasteiger charge is -2.29. The summed E-state index contributed by atoms with van der Waals surface area (Å²) >= 11 is 0. The van der Waals surface area contributed by atoms with E-state index in [-0.39, 0.29) is 11.7 Å². The van der Waals surface area contributed by atoms with Gasteiger partial charge in [-0.05, 0) is 61.9 Å². The van der Waals surface area contributed by atoms with Gasteiger partial charge in [0.1, 0.15) is 18.3 Å². The number of hydrogen-bond acceptors (Lipinski definition) is 5. The van der Waals surface area contributed by atoms with Gasteiger partial charge in [-0.3, -0.25) is 4.90 Å². The van der Waals surface area contributed by atoms with Crippen LogP contribution in [-0.4, -0.2) is 31.2 Å². The first-order valence-electron chi connectivity index (χ1n) is 9.10. The number of likely N-dealkylation sites (N-methyl/N-ethyl adjacent to an activating group) is 1. The van der Waals surface area contributed by atoms with Gasteiger partial charge in [-0.1, -0.05) is 12.1 Å². The Kier molecular flexibility index (Phi) is 4.62. The van der Waals surface area contributed by atoms with Crippen molar-refractivity contribution >= 4 is 11.0 Å². The van der Waals surface area contributed by atoms with E-state index in [0.29, 0.717) is 25.3 Å². The lowest BCUT2D eigenvalue weighted by Crippen LogP contribution is -2.39. The molecule has 0 radical (unpaired) electrons. The molecule has 4 rings (SSSR count). The molecule has 0 spiro atoms. The minimum absolute atomic E-state index is 0.0553. The van der Waals surface area contributed by atoms with Gasteiger partial charge >= 0.3 is 5.63 Å². The van der Waals surface area contributed by atoms with Gasteiger partial charge in [0.2, 0.25) is 0 Å². The van der Waals surface area contributed by atoms with E-state index < -0.39 is 0 Å². The molecule has 140 valence electrons. The number of fused-ring (bicyclic) bond motifs is 2. The van der Waals surface area contributed by atoms with Crippen molar-refractivity contribution in [3.05, 3.63) is 69.6 Å². The predicted octanol–water partition coefficient (Wildman–Crippen LogP) is 3.68. The van der Waals surface area contributed by atoms with E-state index >= 15 is 0 Å². The fraction of sp³-hybridized carbons (Fsp3) is 0.318. The Labute approximate surface area is 158 Å². The van der Waals surface area contributed by atoms with E-state index in [4.69, 9.17) is 13.9 Å². The molecule has 0 unspecified atom stereocenters. The highest BCUT2D eigenvalue weighted by Gasteiger charge is 2.22. The molecule has 5 heteroatoms. The highest BCUT2D eigenvalue weighted by molar-refractivity contribution is 5.81. The average molecular weight is 365 g/mol. The van der Waals surface area contributed by atoms with Crippen LogP contribution in [0.25, 0.3) is 11.0 Å². The Morgan fingerprint density at radius 3 is 2.63 bits per heavy atom. The van der Waals surface area contributed by atoms with Crippen molar-refractivity contribution in [1.29, 1.82) is 0 Å². The van der Waals surface area contributed by atoms with Gasteiger partial charge in [-0.2, -0.15) is 0 Å². The van der Waals surface area contributed by atoms with Gasteiger partial charge in [0, 0.05) is 24.5 Å². The Morgan fingerprint density at radius 2 is 1.81 bits per heavy atom. The van der Waals surface area contributed by atoms with Crippen LogP contribution >= 0.6 is 0 Å². The first-order valence-corrected chi connectivity index (χ1v) is 9.10. The van der Waals surface area contributed by atoms with Gasteiger partial charge in [-0.15, -0.1) is 0 Å². The monoisotopic (exact) mass is 365 g/mol. The van der Waals surface area contributed by atoms with Crippen LogP contribution in [-0.2, 0) is 6.54 Å². The average Bonchev–Trinajstić information content (AvgIpc) is 2.63. The second kappa shape index (κ2) is 7.08. The van der Waals surface area contributed by atoms with Crippen molar-refractivity contribution in [1.82, 2.24) is 4.90 Å². The molecule has 2 aromatic carbocycles. The predicted molar refractivity (Wildman–Crippen MR) is 105 cm³/mol. The first kappa shape index (κ1) is 17.6. The quantitative estimate of drug-likeness (QED) is 0.660. The zero-order valence-corrected chi connectivity index (χ0v) is 15.8. The summed E-state index contributed by atoms with van der Waals surface area (Å²) < 4.78 is 17.2. The Morgan fingerprint density at radius 1 is 1.07 bits per heavy atom. The fourth-order valence-electron chi connectivity index (χ4n) is 3.47. The third-order valence-electron chi connectivity index (χ3n) is 4.97. The lowest BCUT2D eigenvalue weighted by molar-refractivity contribution is 0.0639. The molecular weight excluding hydrogens is 342 g/mol. The maximum absolute atomic E-state index is 12.0. The first-order chi connectivity index (χ1) is 13.0. The summed E-state index contributed by atoms with van der Waals surface area (Å²) in [6.07, 6.45) is -0.0553. The molecular formula is C22H23NO4. The van der Waals surface area contributed by atoms with Crippen LogP contribution in [0.15, 0.2) is 51.7 Å². The van der Waals surface area contributed by atoms with E-state index in [1.165, 1.54) is 5.56 Å². The lowest BCUT2D eigenvalue weighted by atomic mass is 10.0. The molecule has 1 atom stereocenters. The Balaban J connectivity index is 1.52. The number of aryl methyl sites for hydroxylation is 2. The molecule has 3 aromatic rings. The number of para-hydroxylation sites is 2. The van der Waals surface area contributed by atoms with Crippen LogP contribution in [0.5, 0.6) is 11.5 Å². The van der Waals surface area contributed by atoms with E-state index in [1.54, 1.807) is 6.07 Å². The highest BCUT2D eigenvalue weighted by atomic mass is 16.6. The number of hydrogen-bond donors (Lipinski definition) is 0. The molecule has 0 aliphatic carbocycles. The SMILES string of the molecule is Cc1cc2oc(=O)cc(CN(C)C[C@@H]3COc4ccccc4O3)c2cc1C. The summed E-state index contributed by atoms with van der Waals surface area (Å²) in [5.74, 6) is 1.56. The van der Waals surface area contributed by atoms with Crippen LogP contribution in [0.1, 0.15) is 16.7 Å². The molecule has 27 heavy (non-hydrogen) atoms. The Bertz CT molecular complexity index is 1040. The van der Waals surface area contributed by atoms with Gasteiger partial charge in [-0.25, -0.2) is 4.79 Å². The summed E-state index contributed by atoms with van der Waals surface area (Å²) in [4.78, 5) is 14.1. The Hall–Kier alpha value is -2.79. The third-order valence-corrected chi connectivity index (χ3v) is 4.97. The zero-order chi connectivity index (χ0) is 19.0. The molecule has 0 amide bonds. The molecule has 0 saturated heterocycles. The van der Waals surface area contributed by atoms with Crippen LogP contribution < -0.4 is 15.1 Å². The van der Waals surface area contributed by atoms with E-state index in [2.05, 4.69) is 17.9 Å². The fourth-order valence-corrected chi connectivity index (χ4v) is 3.47. The van der Waals surface area contributed by atoms with E-state index in [0.717, 1.165) is 28.0 Å². The standard InChI is InChI=1S/C22H23NO4/c1-14-8-18-16(10-22(24)27-21(18)9-15(14)2)11-23(3)12-17-13-25-19-6-4-5-7-20(19)26-17/h4-10,17H,11-13H2,1-3H3/t17-/m1/s1. The van der Waals surface area contributed by atoms with Crippen molar-refractivity contribution in [3.63, 3.8) is 0 Å². The topological polar surface area (TPSA) is 51.9 Å². The van der Waals surface area contributed by atoms with Crippen molar-refractivity contribution in [2.24, 2.45) is 0 Å². The molecule has 0 N–H and O–H groups in total. The second-order valence-electron chi connectivity index (χ2n) is 7.22. The van der Waals surface area contributed by atoms with Crippen LogP contribution in [0.3, 0.4) is 0 Å². The minimum Gasteiger partial charge on any atom is -0.486 e. The molecule has 1 aromatic heterocycles. The van der Waals surface area contributed by atoms with Gasteiger partial charge in [0.15, 0.2) is 11.5 Å². The molecule has 5 nitrogen and oxygen atoms in total. The van der Waals surface area contributed by atoms with Crippen molar-refractivity contribution in [3.8, 4) is 11.5 Å². The third kappa shape index (κ3) is 3.69. The van der Waals surface area contributed by atoms with Crippen molar-refractivity contribution in [2.75, 3.05) is 20.2 Å². The maximum Gasteiger partial charge on any atom is 0.336 e. The van der Waals surface area contributed by atoms with Crippen LogP contribution in [0, 0.1) is 13.8 Å². The molecule has 0 fully saturated rings. The van der Waals surface area contributed by atoms with Crippen molar-refractivity contribution < 1.29 is 13.9 Å². The minimum atomic E-state index is -0.319. The van der Waals surface area contributed by atoms with Gasteiger partial charge in [0.05, 0.1) is 0 Å². The van der Waals surface area contributed by atoms with Crippen LogP contribution in [0.2, 0.25) is 0 Å². The largest absolute Gasteiger partial charge is 0.486 e. The summed E-state index contributed by atoms with van der Waals surface area (Å²) in [7, 11) is 2.02. The maximum atomic E-state index is 12.0. The summed E-state index contributed by atoms with van der Waals surface area (Å²) in [5, 5.41) is 0.982. The van der Waals surface area contributed by atoms with Crippen LogP contribution in [0.4, 0.5) is 0 Å². The molecule has 0 bridgehead atoms. The van der Waals surface area contributed by atoms with Gasteiger partial charge < -0.3 is 13.9 Å². The number of nitrogens with zero attached hydrogens (tertiary/aromatic N) is 1. The highest BCUT2D eigenvalue weighted by Crippen LogP contribution is 2.31. The number of rotatable bonds is 4. The van der Waals surface area contributed by atoms with Crippen molar-refractivity contribution in [2.45, 2.75) is 26.5 Å². The summed E-state index contributed by atoms with van der Waals surface area (Å²) in [6.45, 7) is 5.92. The molecule has 1 aliphatic rings. The molecule has 1 aliphatic heterocycles. The van der Waals surface area contributed by atoms with Gasteiger partial charge in [0.25, 0.3) is 0 Å². The van der Waals surface area contributed by atoms with E-state index in [9.17, 15) is 4.79 Å². The zero-order valence-electron chi connectivity index (χ0n) is 15.8. The molecule has 2 heterocycles. The smallest absolute Gasteiger partial charge is 0.336 e. The second-order valence-corrected chi connectivity index (χ2v) is 7.22. The summed E-state index contributed by atoms with van der Waals surface area (Å²) in [5.41, 5.74) is 3.58. The number of ether oxygens (including phenoxy) is 2. The molecule has 0 saturated carbocycles. The summed E-state index contributed by atoms with van der Waals surface area (Å²) in [6, 6.07) is 13.3.